The molecule has 270 valence electrons. The van der Waals surface area contributed by atoms with Crippen LogP contribution in [0.15, 0.2) is 0 Å². The fourth-order valence-electron chi connectivity index (χ4n) is 3.51. The second-order valence-electron chi connectivity index (χ2n) is 9.76. The normalized spacial score (nSPS) is 11.8. The van der Waals surface area contributed by atoms with Crippen molar-refractivity contribution in [2.45, 2.75) is 52.4 Å². The summed E-state index contributed by atoms with van der Waals surface area (Å²) in [6.45, 7) is 10.9. The SMILES string of the molecule is CCCCC(CC)C(=O)OCCOCCOCCOCCOCCOCCOCCOCCOCCOC(=O)CCC(=O)C(=O)O. The highest BCUT2D eigenvalue weighted by molar-refractivity contribution is 6.32. The number of hydrogen-bond acceptors (Lipinski definition) is 14. The minimum Gasteiger partial charge on any atom is -0.476 e. The van der Waals surface area contributed by atoms with Crippen LogP contribution in [0.25, 0.3) is 0 Å². The van der Waals surface area contributed by atoms with Crippen LogP contribution in [0.4, 0.5) is 0 Å². The Morgan fingerprint density at radius 3 is 1.17 bits per heavy atom. The number of aliphatic carboxylic acids is 1. The maximum Gasteiger partial charge on any atom is 0.372 e. The van der Waals surface area contributed by atoms with Gasteiger partial charge in [-0.3, -0.25) is 14.4 Å². The molecule has 0 amide bonds. The predicted molar refractivity (Wildman–Crippen MR) is 164 cm³/mol. The first-order valence-electron chi connectivity index (χ1n) is 16.1. The lowest BCUT2D eigenvalue weighted by molar-refractivity contribution is -0.151. The summed E-state index contributed by atoms with van der Waals surface area (Å²) in [6.07, 6.45) is 3.12. The highest BCUT2D eigenvalue weighted by atomic mass is 16.6. The highest BCUT2D eigenvalue weighted by Gasteiger charge is 2.17. The molecule has 0 aromatic rings. The van der Waals surface area contributed by atoms with Gasteiger partial charge in [0, 0.05) is 6.42 Å². The lowest BCUT2D eigenvalue weighted by Gasteiger charge is -2.13. The Morgan fingerprint density at radius 2 is 0.848 bits per heavy atom. The van der Waals surface area contributed by atoms with Gasteiger partial charge in [0.15, 0.2) is 0 Å². The number of unbranched alkanes of at least 4 members (excludes halogenated alkanes) is 1. The molecule has 0 aliphatic carbocycles. The minimum absolute atomic E-state index is 0.0115. The minimum atomic E-state index is -1.56. The van der Waals surface area contributed by atoms with Crippen molar-refractivity contribution in [2.75, 3.05) is 119 Å². The molecule has 0 aliphatic rings. The molecular formula is C31H56O15. The van der Waals surface area contributed by atoms with Crippen molar-refractivity contribution in [3.05, 3.63) is 0 Å². The zero-order valence-corrected chi connectivity index (χ0v) is 27.7. The molecule has 1 atom stereocenters. The third-order valence-electron chi connectivity index (χ3n) is 6.09. The van der Waals surface area contributed by atoms with Crippen LogP contribution in [0.2, 0.25) is 0 Å². The number of carboxylic acid groups (broad SMARTS) is 1. The number of Topliss-reactive ketones (excluding diaryl/α,β-unsaturated/α-hetero) is 1. The van der Waals surface area contributed by atoms with Crippen LogP contribution in [0.5, 0.6) is 0 Å². The molecule has 0 rings (SSSR count). The van der Waals surface area contributed by atoms with E-state index < -0.39 is 17.7 Å². The molecule has 0 aromatic carbocycles. The summed E-state index contributed by atoms with van der Waals surface area (Å²) in [5.41, 5.74) is 0. The second-order valence-corrected chi connectivity index (χ2v) is 9.76. The van der Waals surface area contributed by atoms with Gasteiger partial charge in [0.1, 0.15) is 13.2 Å². The Balaban J connectivity index is 3.22. The summed E-state index contributed by atoms with van der Waals surface area (Å²) >= 11 is 0. The number of carbonyl (C=O) groups is 4. The zero-order chi connectivity index (χ0) is 33.9. The van der Waals surface area contributed by atoms with E-state index in [1.807, 2.05) is 6.92 Å². The van der Waals surface area contributed by atoms with Gasteiger partial charge >= 0.3 is 17.9 Å². The Hall–Kier alpha value is -2.24. The molecule has 0 aromatic heterocycles. The molecule has 0 heterocycles. The lowest BCUT2D eigenvalue weighted by Crippen LogP contribution is -2.20. The Kier molecular flexibility index (Phi) is 32.4. The summed E-state index contributed by atoms with van der Waals surface area (Å²) in [4.78, 5) is 44.6. The molecular weight excluding hydrogens is 612 g/mol. The van der Waals surface area contributed by atoms with E-state index in [2.05, 4.69) is 6.92 Å². The molecule has 0 spiro atoms. The third-order valence-corrected chi connectivity index (χ3v) is 6.09. The Morgan fingerprint density at radius 1 is 0.500 bits per heavy atom. The predicted octanol–water partition coefficient (Wildman–Crippen LogP) is 1.86. The van der Waals surface area contributed by atoms with Gasteiger partial charge in [-0.25, -0.2) is 4.79 Å². The summed E-state index contributed by atoms with van der Waals surface area (Å²) in [6, 6.07) is 0. The number of rotatable bonds is 36. The van der Waals surface area contributed by atoms with E-state index in [9.17, 15) is 19.2 Å². The van der Waals surface area contributed by atoms with Crippen LogP contribution in [0, 0.1) is 5.92 Å². The molecule has 15 heteroatoms. The average Bonchev–Trinajstić information content (AvgIpc) is 3.05. The molecule has 0 saturated carbocycles. The number of carboxylic acids is 1. The molecule has 0 saturated heterocycles. The van der Waals surface area contributed by atoms with Crippen LogP contribution in [0.1, 0.15) is 52.4 Å². The highest BCUT2D eigenvalue weighted by Crippen LogP contribution is 2.14. The van der Waals surface area contributed by atoms with Gasteiger partial charge in [0.2, 0.25) is 5.78 Å². The number of hydrogen-bond donors (Lipinski definition) is 1. The quantitative estimate of drug-likeness (QED) is 0.0580. The number of ketones is 1. The van der Waals surface area contributed by atoms with E-state index >= 15 is 0 Å². The van der Waals surface area contributed by atoms with E-state index in [1.165, 1.54) is 0 Å². The first-order chi connectivity index (χ1) is 22.4. The molecule has 0 bridgehead atoms. The fourth-order valence-corrected chi connectivity index (χ4v) is 3.51. The Bertz CT molecular complexity index is 749. The number of ether oxygens (including phenoxy) is 10. The van der Waals surface area contributed by atoms with Crippen molar-refractivity contribution in [1.82, 2.24) is 0 Å². The first kappa shape index (κ1) is 43.8. The number of esters is 2. The molecule has 0 radical (unpaired) electrons. The first-order valence-corrected chi connectivity index (χ1v) is 16.1. The van der Waals surface area contributed by atoms with Crippen molar-refractivity contribution in [3.63, 3.8) is 0 Å². The summed E-state index contributed by atoms with van der Waals surface area (Å²) < 4.78 is 53.3. The van der Waals surface area contributed by atoms with Crippen LogP contribution in [-0.2, 0) is 66.5 Å². The second kappa shape index (κ2) is 34.1. The smallest absolute Gasteiger partial charge is 0.372 e. The standard InChI is InChI=1S/C31H56O15/c1-3-5-6-27(4-2)31(36)46-26-24-44-22-20-42-18-16-40-14-12-38-10-9-37-11-13-39-15-17-41-19-21-43-23-25-45-29(33)8-7-28(32)30(34)35/h27H,3-26H2,1-2H3,(H,34,35). The van der Waals surface area contributed by atoms with E-state index in [-0.39, 0.29) is 44.5 Å². The largest absolute Gasteiger partial charge is 0.476 e. The van der Waals surface area contributed by atoms with Crippen LogP contribution in [0.3, 0.4) is 0 Å². The van der Waals surface area contributed by atoms with Gasteiger partial charge in [-0.1, -0.05) is 26.7 Å². The Labute approximate surface area is 272 Å². The van der Waals surface area contributed by atoms with E-state index in [1.54, 1.807) is 0 Å². The van der Waals surface area contributed by atoms with Gasteiger partial charge in [-0.05, 0) is 12.8 Å². The van der Waals surface area contributed by atoms with E-state index in [0.29, 0.717) is 99.1 Å². The van der Waals surface area contributed by atoms with Crippen molar-refractivity contribution in [2.24, 2.45) is 5.92 Å². The van der Waals surface area contributed by atoms with Gasteiger partial charge in [0.05, 0.1) is 118 Å². The number of carbonyl (C=O) groups excluding carboxylic acids is 3. The van der Waals surface area contributed by atoms with Crippen LogP contribution in [-0.4, -0.2) is 148 Å². The van der Waals surface area contributed by atoms with Gasteiger partial charge in [-0.15, -0.1) is 0 Å². The van der Waals surface area contributed by atoms with Crippen molar-refractivity contribution in [3.8, 4) is 0 Å². The van der Waals surface area contributed by atoms with Crippen LogP contribution < -0.4 is 0 Å². The van der Waals surface area contributed by atoms with Gasteiger partial charge < -0.3 is 52.5 Å². The fraction of sp³-hybridized carbons (Fsp3) is 0.871. The maximum atomic E-state index is 12.0. The average molecular weight is 669 g/mol. The molecule has 1 unspecified atom stereocenters. The van der Waals surface area contributed by atoms with Gasteiger partial charge in [-0.2, -0.15) is 0 Å². The monoisotopic (exact) mass is 668 g/mol. The molecule has 46 heavy (non-hydrogen) atoms. The van der Waals surface area contributed by atoms with Gasteiger partial charge in [0.25, 0.3) is 0 Å². The summed E-state index contributed by atoms with van der Waals surface area (Å²) in [5.74, 6) is -3.39. The van der Waals surface area contributed by atoms with E-state index in [0.717, 1.165) is 25.7 Å². The van der Waals surface area contributed by atoms with Crippen molar-refractivity contribution >= 4 is 23.7 Å². The topological polar surface area (TPSA) is 181 Å². The molecule has 1 N–H and O–H groups in total. The zero-order valence-electron chi connectivity index (χ0n) is 27.7. The third kappa shape index (κ3) is 30.4. The molecule has 0 aliphatic heterocycles. The maximum absolute atomic E-state index is 12.0. The summed E-state index contributed by atoms with van der Waals surface area (Å²) in [7, 11) is 0. The van der Waals surface area contributed by atoms with Crippen LogP contribution >= 0.6 is 0 Å². The van der Waals surface area contributed by atoms with E-state index in [4.69, 9.17) is 52.5 Å². The lowest BCUT2D eigenvalue weighted by atomic mass is 10.00. The molecule has 0 fully saturated rings. The van der Waals surface area contributed by atoms with Crippen molar-refractivity contribution < 1.29 is 71.7 Å². The van der Waals surface area contributed by atoms with Crippen molar-refractivity contribution in [1.29, 1.82) is 0 Å². The summed E-state index contributed by atoms with van der Waals surface area (Å²) in [5, 5.41) is 8.44. The molecule has 15 nitrogen and oxygen atoms in total.